The number of benzene rings is 2. The monoisotopic (exact) mass is 407 g/mol. The molecular formula is C23H22FN3OS. The molecular weight excluding hydrogens is 385 g/mol. The quantitative estimate of drug-likeness (QED) is 0.642. The fourth-order valence-corrected chi connectivity index (χ4v) is 5.22. The van der Waals surface area contributed by atoms with E-state index in [0.717, 1.165) is 29.1 Å². The lowest BCUT2D eigenvalue weighted by Crippen LogP contribution is -2.51. The number of halogens is 1. The summed E-state index contributed by atoms with van der Waals surface area (Å²) >= 11 is 1.58. The van der Waals surface area contributed by atoms with E-state index in [9.17, 15) is 9.18 Å². The average Bonchev–Trinajstić information content (AvgIpc) is 3.24. The van der Waals surface area contributed by atoms with Gasteiger partial charge in [0.25, 0.3) is 0 Å². The zero-order valence-electron chi connectivity index (χ0n) is 16.0. The third kappa shape index (κ3) is 3.31. The average molecular weight is 408 g/mol. The Hall–Kier alpha value is -2.73. The first-order valence-electron chi connectivity index (χ1n) is 9.86. The second kappa shape index (κ2) is 7.26. The molecule has 0 aliphatic carbocycles. The Morgan fingerprint density at radius 3 is 2.66 bits per heavy atom. The molecule has 29 heavy (non-hydrogen) atoms. The number of carbonyl (C=O) groups excluding carboxylic acids is 1. The number of nitrogens with one attached hydrogen (secondary N) is 1. The van der Waals surface area contributed by atoms with Gasteiger partial charge in [0, 0.05) is 29.9 Å². The predicted octanol–water partition coefficient (Wildman–Crippen LogP) is 4.65. The van der Waals surface area contributed by atoms with Crippen LogP contribution in [0.4, 0.5) is 10.1 Å². The highest BCUT2D eigenvalue weighted by molar-refractivity contribution is 8.00. The number of amides is 1. The van der Waals surface area contributed by atoms with Crippen LogP contribution in [0, 0.1) is 5.82 Å². The number of hydrogen-bond donors (Lipinski definition) is 1. The van der Waals surface area contributed by atoms with Crippen LogP contribution in [-0.2, 0) is 10.3 Å². The zero-order chi connectivity index (χ0) is 19.8. The summed E-state index contributed by atoms with van der Waals surface area (Å²) in [5.41, 5.74) is 2.69. The summed E-state index contributed by atoms with van der Waals surface area (Å²) < 4.78 is 16.0. The maximum absolute atomic E-state index is 13.8. The first-order chi connectivity index (χ1) is 14.1. The minimum atomic E-state index is -0.270. The van der Waals surface area contributed by atoms with E-state index in [0.29, 0.717) is 18.8 Å². The highest BCUT2D eigenvalue weighted by Gasteiger charge is 2.42. The molecule has 0 bridgehead atoms. The van der Waals surface area contributed by atoms with Crippen LogP contribution in [0.15, 0.2) is 71.8 Å². The number of thioether (sulfide) groups is 1. The fraction of sp³-hybridized carbons (Fsp3) is 0.261. The molecule has 1 aromatic heterocycles. The minimum absolute atomic E-state index is 0.173. The van der Waals surface area contributed by atoms with Crippen molar-refractivity contribution >= 4 is 23.4 Å². The van der Waals surface area contributed by atoms with Crippen LogP contribution in [0.2, 0.25) is 0 Å². The maximum atomic E-state index is 13.8. The van der Waals surface area contributed by atoms with E-state index in [1.807, 2.05) is 53.6 Å². The SMILES string of the molecule is O=C(CSc1ccccc1)N1CCC2(CC1)Nc1cc(F)ccc1-n1cccc12. The van der Waals surface area contributed by atoms with Crippen molar-refractivity contribution in [2.45, 2.75) is 23.3 Å². The molecule has 148 valence electrons. The van der Waals surface area contributed by atoms with E-state index < -0.39 is 0 Å². The number of fused-ring (bicyclic) bond motifs is 4. The van der Waals surface area contributed by atoms with Crippen LogP contribution in [0.25, 0.3) is 5.69 Å². The third-order valence-electron chi connectivity index (χ3n) is 5.91. The lowest BCUT2D eigenvalue weighted by Gasteiger charge is -2.46. The second-order valence-electron chi connectivity index (χ2n) is 7.61. The molecule has 2 aliphatic rings. The largest absolute Gasteiger partial charge is 0.372 e. The zero-order valence-corrected chi connectivity index (χ0v) is 16.8. The molecule has 6 heteroatoms. The first-order valence-corrected chi connectivity index (χ1v) is 10.8. The Kier molecular flexibility index (Phi) is 4.59. The summed E-state index contributed by atoms with van der Waals surface area (Å²) in [6.07, 6.45) is 3.63. The molecule has 4 nitrogen and oxygen atoms in total. The van der Waals surface area contributed by atoms with Gasteiger partial charge in [0.2, 0.25) is 5.91 Å². The number of anilines is 1. The van der Waals surface area contributed by atoms with Crippen molar-refractivity contribution < 1.29 is 9.18 Å². The van der Waals surface area contributed by atoms with Gasteiger partial charge in [0.1, 0.15) is 5.82 Å². The van der Waals surface area contributed by atoms with Crippen LogP contribution >= 0.6 is 11.8 Å². The van der Waals surface area contributed by atoms with E-state index >= 15 is 0 Å². The Bertz CT molecular complexity index is 1040. The molecule has 2 aromatic carbocycles. The third-order valence-corrected chi connectivity index (χ3v) is 6.90. The highest BCUT2D eigenvalue weighted by Crippen LogP contribution is 2.43. The number of rotatable bonds is 3. The van der Waals surface area contributed by atoms with Crippen molar-refractivity contribution in [2.24, 2.45) is 0 Å². The molecule has 0 saturated carbocycles. The van der Waals surface area contributed by atoms with Gasteiger partial charge in [-0.3, -0.25) is 4.79 Å². The van der Waals surface area contributed by atoms with Gasteiger partial charge >= 0.3 is 0 Å². The molecule has 0 atom stereocenters. The van der Waals surface area contributed by atoms with Crippen molar-refractivity contribution in [3.05, 3.63) is 78.4 Å². The normalized spacial score (nSPS) is 16.8. The summed E-state index contributed by atoms with van der Waals surface area (Å²) in [7, 11) is 0. The van der Waals surface area contributed by atoms with Gasteiger partial charge < -0.3 is 14.8 Å². The van der Waals surface area contributed by atoms with Crippen LogP contribution in [0.5, 0.6) is 0 Å². The van der Waals surface area contributed by atoms with Crippen molar-refractivity contribution in [3.63, 3.8) is 0 Å². The smallest absolute Gasteiger partial charge is 0.232 e. The van der Waals surface area contributed by atoms with E-state index in [1.165, 1.54) is 11.8 Å². The van der Waals surface area contributed by atoms with Gasteiger partial charge in [-0.1, -0.05) is 18.2 Å². The van der Waals surface area contributed by atoms with Crippen molar-refractivity contribution in [1.29, 1.82) is 0 Å². The second-order valence-corrected chi connectivity index (χ2v) is 8.66. The van der Waals surface area contributed by atoms with E-state index in [2.05, 4.69) is 16.0 Å². The van der Waals surface area contributed by atoms with Gasteiger partial charge in [0.15, 0.2) is 0 Å². The number of carbonyl (C=O) groups is 1. The number of piperidine rings is 1. The molecule has 1 spiro atoms. The Labute approximate surface area is 173 Å². The first kappa shape index (κ1) is 18.3. The molecule has 0 unspecified atom stereocenters. The molecule has 3 aromatic rings. The molecule has 0 radical (unpaired) electrons. The van der Waals surface area contributed by atoms with Gasteiger partial charge in [-0.25, -0.2) is 4.39 Å². The number of likely N-dealkylation sites (tertiary alicyclic amines) is 1. The van der Waals surface area contributed by atoms with Gasteiger partial charge in [-0.15, -0.1) is 11.8 Å². The van der Waals surface area contributed by atoms with Crippen molar-refractivity contribution in [1.82, 2.24) is 9.47 Å². The van der Waals surface area contributed by atoms with E-state index in [1.54, 1.807) is 17.8 Å². The number of aromatic nitrogens is 1. The lowest BCUT2D eigenvalue weighted by atomic mass is 9.82. The molecule has 1 saturated heterocycles. The highest BCUT2D eigenvalue weighted by atomic mass is 32.2. The molecule has 1 fully saturated rings. The minimum Gasteiger partial charge on any atom is -0.372 e. The standard InChI is InChI=1S/C23H22FN3OS/c24-17-8-9-20-19(15-17)25-23(21-7-4-12-27(20)21)10-13-26(14-11-23)22(28)16-29-18-5-2-1-3-6-18/h1-9,12,15,25H,10-11,13-14,16H2. The van der Waals surface area contributed by atoms with Crippen molar-refractivity contribution in [3.8, 4) is 5.69 Å². The van der Waals surface area contributed by atoms with Crippen molar-refractivity contribution in [2.75, 3.05) is 24.2 Å². The number of hydrogen-bond acceptors (Lipinski definition) is 3. The van der Waals surface area contributed by atoms with Crippen LogP contribution in [0.1, 0.15) is 18.5 Å². The molecule has 3 heterocycles. The summed E-state index contributed by atoms with van der Waals surface area (Å²) in [6, 6.07) is 19.0. The summed E-state index contributed by atoms with van der Waals surface area (Å²) in [5.74, 6) is 0.383. The van der Waals surface area contributed by atoms with Gasteiger partial charge in [0.05, 0.1) is 22.7 Å². The molecule has 5 rings (SSSR count). The van der Waals surface area contributed by atoms with Crippen LogP contribution in [-0.4, -0.2) is 34.2 Å². The van der Waals surface area contributed by atoms with Gasteiger partial charge in [-0.05, 0) is 55.3 Å². The molecule has 2 aliphatic heterocycles. The molecule has 1 N–H and O–H groups in total. The Morgan fingerprint density at radius 1 is 1.07 bits per heavy atom. The topological polar surface area (TPSA) is 37.3 Å². The predicted molar refractivity (Wildman–Crippen MR) is 114 cm³/mol. The Balaban J connectivity index is 1.30. The van der Waals surface area contributed by atoms with Crippen LogP contribution < -0.4 is 5.32 Å². The summed E-state index contributed by atoms with van der Waals surface area (Å²) in [4.78, 5) is 15.8. The Morgan fingerprint density at radius 2 is 1.86 bits per heavy atom. The lowest BCUT2D eigenvalue weighted by molar-refractivity contribution is -0.129. The van der Waals surface area contributed by atoms with Gasteiger partial charge in [-0.2, -0.15) is 0 Å². The number of nitrogens with zero attached hydrogens (tertiary/aromatic N) is 2. The van der Waals surface area contributed by atoms with E-state index in [4.69, 9.17) is 0 Å². The molecule has 1 amide bonds. The summed E-state index contributed by atoms with van der Waals surface area (Å²) in [6.45, 7) is 1.38. The fourth-order valence-electron chi connectivity index (χ4n) is 4.39. The summed E-state index contributed by atoms with van der Waals surface area (Å²) in [5, 5.41) is 3.61. The maximum Gasteiger partial charge on any atom is 0.232 e. The van der Waals surface area contributed by atoms with E-state index in [-0.39, 0.29) is 17.3 Å². The van der Waals surface area contributed by atoms with Crippen LogP contribution in [0.3, 0.4) is 0 Å².